The zero-order valence-corrected chi connectivity index (χ0v) is 17.9. The summed E-state index contributed by atoms with van der Waals surface area (Å²) >= 11 is 0. The van der Waals surface area contributed by atoms with Gasteiger partial charge in [0.25, 0.3) is 11.2 Å². The Morgan fingerprint density at radius 2 is 1.26 bits per heavy atom. The summed E-state index contributed by atoms with van der Waals surface area (Å²) in [5.41, 5.74) is -14.1. The summed E-state index contributed by atoms with van der Waals surface area (Å²) in [4.78, 5) is 24.7. The van der Waals surface area contributed by atoms with Gasteiger partial charge in [-0.25, -0.2) is 9.59 Å². The number of carbonyl (C=O) groups excluding carboxylic acids is 2. The lowest BCUT2D eigenvalue weighted by molar-refractivity contribution is -0.268. The normalized spacial score (nSPS) is 15.8. The first-order chi connectivity index (χ1) is 16.2. The first-order valence-corrected chi connectivity index (χ1v) is 9.62. The van der Waals surface area contributed by atoms with Gasteiger partial charge in [-0.3, -0.25) is 0 Å². The Bertz CT molecular complexity index is 1190. The number of fused-ring (bicyclic) bond motifs is 1. The predicted octanol–water partition coefficient (Wildman–Crippen LogP) is 3.45. The van der Waals surface area contributed by atoms with E-state index in [9.17, 15) is 46.1 Å². The van der Waals surface area contributed by atoms with E-state index in [2.05, 4.69) is 9.47 Å². The lowest BCUT2D eigenvalue weighted by Crippen LogP contribution is -2.51. The fourth-order valence-electron chi connectivity index (χ4n) is 3.82. The van der Waals surface area contributed by atoms with Crippen molar-refractivity contribution in [2.24, 2.45) is 0 Å². The minimum absolute atomic E-state index is 0.389. The van der Waals surface area contributed by atoms with Crippen LogP contribution in [0.3, 0.4) is 0 Å². The Hall–Kier alpha value is -3.58. The molecule has 0 bridgehead atoms. The summed E-state index contributed by atoms with van der Waals surface area (Å²) in [5.74, 6) is -4.51. The molecule has 2 heterocycles. The van der Waals surface area contributed by atoms with Gasteiger partial charge in [-0.1, -0.05) is 36.4 Å². The third-order valence-electron chi connectivity index (χ3n) is 5.39. The molecular formula is C22H17F6NO6. The van der Waals surface area contributed by atoms with Crippen LogP contribution in [0.5, 0.6) is 0 Å². The van der Waals surface area contributed by atoms with E-state index >= 15 is 0 Å². The highest BCUT2D eigenvalue weighted by molar-refractivity contribution is 5.95. The number of esters is 2. The molecule has 188 valence electrons. The van der Waals surface area contributed by atoms with Gasteiger partial charge in [0.1, 0.15) is 0 Å². The molecule has 0 radical (unpaired) electrons. The fraction of sp³-hybridized carbons (Fsp3) is 0.273. The number of halogens is 6. The summed E-state index contributed by atoms with van der Waals surface area (Å²) < 4.78 is 94.4. The molecule has 0 saturated heterocycles. The lowest BCUT2D eigenvalue weighted by Gasteiger charge is -2.31. The minimum atomic E-state index is -5.81. The molecule has 2 N–H and O–H groups in total. The summed E-state index contributed by atoms with van der Waals surface area (Å²) in [6.45, 7) is 0. The molecule has 0 amide bonds. The largest absolute Gasteiger partial charge is 0.466 e. The molecule has 2 aromatic heterocycles. The van der Waals surface area contributed by atoms with Crippen LogP contribution in [0.15, 0.2) is 54.7 Å². The van der Waals surface area contributed by atoms with E-state index in [0.29, 0.717) is 18.6 Å². The average molecular weight is 505 g/mol. The summed E-state index contributed by atoms with van der Waals surface area (Å²) in [5, 5.41) is 21.6. The Morgan fingerprint density at radius 1 is 0.771 bits per heavy atom. The fourth-order valence-corrected chi connectivity index (χ4v) is 3.82. The summed E-state index contributed by atoms with van der Waals surface area (Å²) in [6, 6.07) is 9.14. The Kier molecular flexibility index (Phi) is 6.38. The van der Waals surface area contributed by atoms with Gasteiger partial charge in [0.05, 0.1) is 25.4 Å². The quantitative estimate of drug-likeness (QED) is 0.408. The summed E-state index contributed by atoms with van der Waals surface area (Å²) in [7, 11) is 1.08. The van der Waals surface area contributed by atoms with Crippen LogP contribution in [-0.2, 0) is 30.3 Å². The maximum Gasteiger partial charge on any atom is 0.434 e. The zero-order valence-electron chi connectivity index (χ0n) is 17.9. The number of rotatable bonds is 5. The minimum Gasteiger partial charge on any atom is -0.466 e. The van der Waals surface area contributed by atoms with Crippen LogP contribution in [-0.4, -0.2) is 53.1 Å². The number of hydrogen-bond donors (Lipinski definition) is 2. The average Bonchev–Trinajstić information content (AvgIpc) is 3.16. The van der Waals surface area contributed by atoms with Gasteiger partial charge in [-0.2, -0.15) is 26.3 Å². The number of carbonyl (C=O) groups is 2. The second-order valence-corrected chi connectivity index (χ2v) is 7.32. The van der Waals surface area contributed by atoms with Gasteiger partial charge in [0, 0.05) is 17.3 Å². The Morgan fingerprint density at radius 3 is 1.74 bits per heavy atom. The molecular weight excluding hydrogens is 488 g/mol. The number of aliphatic hydroxyl groups is 2. The molecule has 0 saturated carbocycles. The molecule has 0 aliphatic heterocycles. The second kappa shape index (κ2) is 8.57. The van der Waals surface area contributed by atoms with Crippen molar-refractivity contribution in [2.75, 3.05) is 14.2 Å². The number of nitrogens with zero attached hydrogens (tertiary/aromatic N) is 1. The van der Waals surface area contributed by atoms with Crippen molar-refractivity contribution in [1.29, 1.82) is 0 Å². The SMILES string of the molecule is COC(=O)C(O)(c1c(-c2ccccc2)c(C(O)(C(=O)OC)C(F)(F)F)n2ccccc12)C(F)(F)F. The number of methoxy groups -OCH3 is 2. The van der Waals surface area contributed by atoms with Gasteiger partial charge in [-0.15, -0.1) is 0 Å². The number of ether oxygens (including phenoxy) is 2. The van der Waals surface area contributed by atoms with Crippen LogP contribution in [0.25, 0.3) is 16.6 Å². The molecule has 0 aliphatic rings. The van der Waals surface area contributed by atoms with Crippen molar-refractivity contribution < 1.29 is 55.6 Å². The van der Waals surface area contributed by atoms with Crippen molar-refractivity contribution in [2.45, 2.75) is 23.6 Å². The van der Waals surface area contributed by atoms with Crippen LogP contribution in [0.1, 0.15) is 11.3 Å². The third kappa shape index (κ3) is 3.71. The van der Waals surface area contributed by atoms with E-state index in [1.165, 1.54) is 18.2 Å². The van der Waals surface area contributed by atoms with Crippen LogP contribution < -0.4 is 0 Å². The first kappa shape index (κ1) is 26.0. The molecule has 13 heteroatoms. The number of aromatic nitrogens is 1. The van der Waals surface area contributed by atoms with Crippen molar-refractivity contribution >= 4 is 17.5 Å². The van der Waals surface area contributed by atoms with Gasteiger partial charge < -0.3 is 24.1 Å². The standard InChI is InChI=1S/C22H17F6NO6/c1-34-17(30)19(32,21(23,24)25)15-13-10-6-7-11-29(13)16(14(15)12-8-4-3-5-9-12)20(33,18(31)35-2)22(26,27)28/h3-11,32-33H,1-2H3. The van der Waals surface area contributed by atoms with E-state index in [-0.39, 0.29) is 5.56 Å². The Balaban J connectivity index is 2.73. The highest BCUT2D eigenvalue weighted by Crippen LogP contribution is 2.52. The van der Waals surface area contributed by atoms with Crippen LogP contribution in [0.4, 0.5) is 26.3 Å². The highest BCUT2D eigenvalue weighted by Gasteiger charge is 2.68. The maximum atomic E-state index is 14.3. The molecule has 2 unspecified atom stereocenters. The van der Waals surface area contributed by atoms with Gasteiger partial charge in [0.15, 0.2) is 0 Å². The third-order valence-corrected chi connectivity index (χ3v) is 5.39. The second-order valence-electron chi connectivity index (χ2n) is 7.32. The molecule has 1 aromatic carbocycles. The molecule has 2 atom stereocenters. The number of benzene rings is 1. The summed E-state index contributed by atoms with van der Waals surface area (Å²) in [6.07, 6.45) is -10.8. The molecule has 35 heavy (non-hydrogen) atoms. The monoisotopic (exact) mass is 505 g/mol. The van der Waals surface area contributed by atoms with Crippen LogP contribution >= 0.6 is 0 Å². The van der Waals surface area contributed by atoms with E-state index in [4.69, 9.17) is 0 Å². The van der Waals surface area contributed by atoms with Crippen molar-refractivity contribution in [3.63, 3.8) is 0 Å². The van der Waals surface area contributed by atoms with Gasteiger partial charge in [-0.05, 0) is 17.7 Å². The van der Waals surface area contributed by atoms with E-state index < -0.39 is 57.8 Å². The van der Waals surface area contributed by atoms with E-state index in [0.717, 1.165) is 36.5 Å². The Labute approximate surface area is 193 Å². The smallest absolute Gasteiger partial charge is 0.434 e. The predicted molar refractivity (Wildman–Crippen MR) is 107 cm³/mol. The molecule has 3 aromatic rings. The number of pyridine rings is 1. The molecule has 3 rings (SSSR count). The van der Waals surface area contributed by atoms with Gasteiger partial charge in [0.2, 0.25) is 0 Å². The van der Waals surface area contributed by atoms with Crippen molar-refractivity contribution in [3.8, 4) is 11.1 Å². The number of alkyl halides is 6. The molecule has 0 spiro atoms. The lowest BCUT2D eigenvalue weighted by atomic mass is 9.83. The zero-order chi connectivity index (χ0) is 26.4. The maximum absolute atomic E-state index is 14.3. The first-order valence-electron chi connectivity index (χ1n) is 9.62. The van der Waals surface area contributed by atoms with Crippen molar-refractivity contribution in [3.05, 3.63) is 66.0 Å². The van der Waals surface area contributed by atoms with Gasteiger partial charge >= 0.3 is 24.3 Å². The van der Waals surface area contributed by atoms with Crippen LogP contribution in [0, 0.1) is 0 Å². The molecule has 0 aliphatic carbocycles. The van der Waals surface area contributed by atoms with E-state index in [1.54, 1.807) is 0 Å². The highest BCUT2D eigenvalue weighted by atomic mass is 19.4. The molecule has 0 fully saturated rings. The van der Waals surface area contributed by atoms with E-state index in [1.807, 2.05) is 0 Å². The van der Waals surface area contributed by atoms with Crippen LogP contribution in [0.2, 0.25) is 0 Å². The van der Waals surface area contributed by atoms with Crippen molar-refractivity contribution in [1.82, 2.24) is 4.40 Å². The topological polar surface area (TPSA) is 97.5 Å². The number of hydrogen-bond acceptors (Lipinski definition) is 6. The molecule has 7 nitrogen and oxygen atoms in total.